The van der Waals surface area contributed by atoms with Crippen LogP contribution in [-0.2, 0) is 30.3 Å². The molecule has 5 N–H and O–H groups in total. The lowest BCUT2D eigenvalue weighted by Gasteiger charge is -2.24. The van der Waals surface area contributed by atoms with Gasteiger partial charge in [-0.2, -0.15) is 0 Å². The van der Waals surface area contributed by atoms with E-state index in [4.69, 9.17) is 10.5 Å². The number of nitrogens with one attached hydrogen (secondary N) is 3. The number of carbonyl (C=O) groups excluding carboxylic acids is 4. The van der Waals surface area contributed by atoms with Crippen LogP contribution in [0.4, 0.5) is 5.82 Å². The number of rotatable bonds is 10. The van der Waals surface area contributed by atoms with Crippen LogP contribution in [-0.4, -0.2) is 75.4 Å². The Morgan fingerprint density at radius 3 is 2.41 bits per heavy atom. The summed E-state index contributed by atoms with van der Waals surface area (Å²) in [7, 11) is 1.31. The first-order valence-corrected chi connectivity index (χ1v) is 14.4. The number of methoxy groups -OCH3 is 1. The molecule has 12 nitrogen and oxygen atoms in total. The molecular formula is C32H39N7O5. The summed E-state index contributed by atoms with van der Waals surface area (Å²) in [4.78, 5) is 58.3. The maximum Gasteiger partial charge on any atom is 0.292 e. The van der Waals surface area contributed by atoms with E-state index in [-0.39, 0.29) is 18.1 Å². The van der Waals surface area contributed by atoms with Crippen LogP contribution in [0.1, 0.15) is 43.9 Å². The third-order valence-electron chi connectivity index (χ3n) is 7.32. The van der Waals surface area contributed by atoms with Gasteiger partial charge in [0.25, 0.3) is 6.47 Å². The van der Waals surface area contributed by atoms with Crippen molar-refractivity contribution >= 4 is 40.9 Å². The summed E-state index contributed by atoms with van der Waals surface area (Å²) in [6, 6.07) is 15.8. The van der Waals surface area contributed by atoms with Crippen LogP contribution in [0.5, 0.6) is 0 Å². The van der Waals surface area contributed by atoms with Crippen LogP contribution >= 0.6 is 0 Å². The Morgan fingerprint density at radius 1 is 1.09 bits per heavy atom. The Hall–Kier alpha value is -4.97. The van der Waals surface area contributed by atoms with E-state index in [1.165, 1.54) is 7.11 Å². The van der Waals surface area contributed by atoms with Crippen LogP contribution in [0.2, 0.25) is 0 Å². The molecule has 0 aliphatic carbocycles. The molecular weight excluding hydrogens is 562 g/mol. The maximum absolute atomic E-state index is 13.5. The predicted molar refractivity (Wildman–Crippen MR) is 167 cm³/mol. The van der Waals surface area contributed by atoms with E-state index in [2.05, 4.69) is 25.3 Å². The van der Waals surface area contributed by atoms with Crippen molar-refractivity contribution in [3.63, 3.8) is 0 Å². The fourth-order valence-corrected chi connectivity index (χ4v) is 5.02. The fourth-order valence-electron chi connectivity index (χ4n) is 5.02. The molecule has 44 heavy (non-hydrogen) atoms. The second-order valence-electron chi connectivity index (χ2n) is 11.2. The number of nitrogens with zero attached hydrogens (tertiary/aromatic N) is 3. The molecule has 3 amide bonds. The van der Waals surface area contributed by atoms with Crippen LogP contribution in [0.3, 0.4) is 0 Å². The first-order valence-electron chi connectivity index (χ1n) is 14.4. The number of benzene rings is 2. The van der Waals surface area contributed by atoms with E-state index in [0.717, 1.165) is 48.0 Å². The molecule has 0 saturated carbocycles. The zero-order chi connectivity index (χ0) is 31.7. The molecule has 4 aromatic rings. The normalized spacial score (nSPS) is 14.2. The molecule has 5 rings (SSSR count). The minimum Gasteiger partial charge on any atom is -0.471 e. The van der Waals surface area contributed by atoms with Crippen LogP contribution < -0.4 is 16.4 Å². The quantitative estimate of drug-likeness (QED) is 0.203. The highest BCUT2D eigenvalue weighted by atomic mass is 16.5. The molecule has 2 atom stereocenters. The summed E-state index contributed by atoms with van der Waals surface area (Å²) in [6.45, 7) is 5.01. The SMILES string of the molecule is CC(C)(N)C(=O)NC(Cc1c[nH]c2ccccc12)C(=O)Nc1cn(C(C(=O)N2CCCC2)c2ccccc2)cn1.COC=O. The topological polar surface area (TPSA) is 164 Å². The molecule has 3 heterocycles. The van der Waals surface area contributed by atoms with Gasteiger partial charge in [0.15, 0.2) is 5.82 Å². The van der Waals surface area contributed by atoms with Gasteiger partial charge in [0, 0.05) is 42.8 Å². The number of para-hydroxylation sites is 1. The molecule has 2 aromatic carbocycles. The number of ether oxygens (including phenoxy) is 1. The van der Waals surface area contributed by atoms with E-state index < -0.39 is 29.4 Å². The number of fused-ring (bicyclic) bond motifs is 1. The molecule has 0 spiro atoms. The number of hydrogen-bond donors (Lipinski definition) is 4. The average molecular weight is 602 g/mol. The van der Waals surface area contributed by atoms with Gasteiger partial charge in [-0.05, 0) is 43.9 Å². The van der Waals surface area contributed by atoms with E-state index >= 15 is 0 Å². The number of nitrogens with two attached hydrogens (primary N) is 1. The number of amides is 3. The van der Waals surface area contributed by atoms with Crippen LogP contribution in [0.15, 0.2) is 73.3 Å². The van der Waals surface area contributed by atoms with Crippen molar-refractivity contribution in [3.05, 3.63) is 84.4 Å². The lowest BCUT2D eigenvalue weighted by Crippen LogP contribution is -2.55. The van der Waals surface area contributed by atoms with E-state index in [1.54, 1.807) is 30.9 Å². The predicted octanol–water partition coefficient (Wildman–Crippen LogP) is 2.77. The molecule has 0 radical (unpaired) electrons. The lowest BCUT2D eigenvalue weighted by atomic mass is 10.0. The van der Waals surface area contributed by atoms with Gasteiger partial charge in [-0.15, -0.1) is 0 Å². The van der Waals surface area contributed by atoms with Gasteiger partial charge in [-0.1, -0.05) is 48.5 Å². The molecule has 2 unspecified atom stereocenters. The van der Waals surface area contributed by atoms with E-state index in [0.29, 0.717) is 6.47 Å². The van der Waals surface area contributed by atoms with Crippen molar-refractivity contribution in [3.8, 4) is 0 Å². The zero-order valence-electron chi connectivity index (χ0n) is 25.2. The third-order valence-corrected chi connectivity index (χ3v) is 7.32. The van der Waals surface area contributed by atoms with Gasteiger partial charge in [0.05, 0.1) is 19.0 Å². The van der Waals surface area contributed by atoms with Gasteiger partial charge in [0.2, 0.25) is 17.7 Å². The van der Waals surface area contributed by atoms with Gasteiger partial charge < -0.3 is 35.6 Å². The number of anilines is 1. The van der Waals surface area contributed by atoms with Gasteiger partial charge in [0.1, 0.15) is 12.1 Å². The Kier molecular flexibility index (Phi) is 10.5. The van der Waals surface area contributed by atoms with Crippen molar-refractivity contribution in [1.82, 2.24) is 24.8 Å². The molecule has 0 bridgehead atoms. The molecule has 1 fully saturated rings. The Balaban J connectivity index is 0.00000104. The first-order chi connectivity index (χ1) is 21.1. The van der Waals surface area contributed by atoms with Crippen LogP contribution in [0, 0.1) is 0 Å². The van der Waals surface area contributed by atoms with Crippen molar-refractivity contribution in [2.45, 2.75) is 50.7 Å². The highest BCUT2D eigenvalue weighted by molar-refractivity contribution is 5.98. The minimum absolute atomic E-state index is 0.00590. The number of likely N-dealkylation sites (tertiary alicyclic amines) is 1. The van der Waals surface area contributed by atoms with E-state index in [1.807, 2.05) is 65.7 Å². The number of imidazole rings is 1. The Morgan fingerprint density at radius 2 is 1.75 bits per heavy atom. The highest BCUT2D eigenvalue weighted by Crippen LogP contribution is 2.25. The van der Waals surface area contributed by atoms with Gasteiger partial charge in [-0.25, -0.2) is 4.98 Å². The largest absolute Gasteiger partial charge is 0.471 e. The lowest BCUT2D eigenvalue weighted by molar-refractivity contribution is -0.132. The summed E-state index contributed by atoms with van der Waals surface area (Å²) in [5.41, 5.74) is 7.51. The van der Waals surface area contributed by atoms with Crippen molar-refractivity contribution in [1.29, 1.82) is 0 Å². The minimum atomic E-state index is -1.17. The monoisotopic (exact) mass is 601 g/mol. The maximum atomic E-state index is 13.5. The van der Waals surface area contributed by atoms with Crippen molar-refractivity contribution in [2.24, 2.45) is 5.73 Å². The number of aromatic amines is 1. The van der Waals surface area contributed by atoms with E-state index in [9.17, 15) is 14.4 Å². The molecule has 1 saturated heterocycles. The summed E-state index contributed by atoms with van der Waals surface area (Å²) in [5, 5.41) is 6.61. The summed E-state index contributed by atoms with van der Waals surface area (Å²) in [5.74, 6) is -0.604. The Labute approximate surface area is 256 Å². The number of aromatic nitrogens is 3. The van der Waals surface area contributed by atoms with Crippen molar-refractivity contribution in [2.75, 3.05) is 25.5 Å². The number of H-pyrrole nitrogens is 1. The average Bonchev–Trinajstić information content (AvgIpc) is 3.79. The van der Waals surface area contributed by atoms with Gasteiger partial charge in [-0.3, -0.25) is 19.2 Å². The first kappa shape index (κ1) is 32.0. The Bertz CT molecular complexity index is 1570. The molecule has 1 aliphatic heterocycles. The summed E-state index contributed by atoms with van der Waals surface area (Å²) >= 11 is 0. The van der Waals surface area contributed by atoms with Gasteiger partial charge >= 0.3 is 0 Å². The summed E-state index contributed by atoms with van der Waals surface area (Å²) < 4.78 is 5.59. The third kappa shape index (κ3) is 7.90. The van der Waals surface area contributed by atoms with Crippen LogP contribution in [0.25, 0.3) is 10.9 Å². The standard InChI is InChI=1S/C30H35N7O3.C2H4O2/c1-30(2,31)29(40)34-24(16-21-17-32-23-13-7-6-12-22(21)23)27(38)35-25-18-37(19-33-25)26(20-10-4-3-5-11-20)28(39)36-14-8-9-15-36;1-4-2-3/h3-7,10-13,17-19,24,26,32H,8-9,14-16,31H2,1-2H3,(H,34,40)(H,35,38);2H,1H3. The summed E-state index contributed by atoms with van der Waals surface area (Å²) in [6.07, 6.45) is 7.27. The number of hydrogen-bond acceptors (Lipinski definition) is 7. The number of carbonyl (C=O) groups is 4. The smallest absolute Gasteiger partial charge is 0.292 e. The molecule has 232 valence electrons. The van der Waals surface area contributed by atoms with Crippen molar-refractivity contribution < 1.29 is 23.9 Å². The highest BCUT2D eigenvalue weighted by Gasteiger charge is 2.31. The second-order valence-corrected chi connectivity index (χ2v) is 11.2. The second kappa shape index (κ2) is 14.5. The zero-order valence-corrected chi connectivity index (χ0v) is 25.2. The molecule has 12 heteroatoms. The molecule has 2 aromatic heterocycles. The molecule has 1 aliphatic rings. The fraction of sp³-hybridized carbons (Fsp3) is 0.344.